The van der Waals surface area contributed by atoms with Gasteiger partial charge in [0.2, 0.25) is 11.8 Å². The molecule has 8 rings (SSSR count). The summed E-state index contributed by atoms with van der Waals surface area (Å²) in [5.74, 6) is 0.572. The summed E-state index contributed by atoms with van der Waals surface area (Å²) < 4.78 is 15.2. The molecule has 0 aliphatic carbocycles. The highest BCUT2D eigenvalue weighted by molar-refractivity contribution is 6.15. The smallest absolute Gasteiger partial charge is 0.236 e. The van der Waals surface area contributed by atoms with Crippen molar-refractivity contribution in [1.82, 2.24) is 29.5 Å². The Bertz CT molecular complexity index is 1860. The Balaban J connectivity index is 0.863. The number of pyridine rings is 1. The van der Waals surface area contributed by atoms with Crippen molar-refractivity contribution in [2.24, 2.45) is 17.5 Å². The van der Waals surface area contributed by atoms with Gasteiger partial charge in [0.05, 0.1) is 36.1 Å². The Morgan fingerprint density at radius 1 is 0.915 bits per heavy atom. The van der Waals surface area contributed by atoms with Gasteiger partial charge in [-0.15, -0.1) is 0 Å². The molecule has 0 bridgehead atoms. The van der Waals surface area contributed by atoms with Gasteiger partial charge < -0.3 is 14.7 Å². The molecule has 4 aliphatic rings. The number of halogens is 1. The first-order chi connectivity index (χ1) is 22.8. The lowest BCUT2D eigenvalue weighted by atomic mass is 9.85. The second-order valence-corrected chi connectivity index (χ2v) is 13.0. The number of fused-ring (bicyclic) bond motifs is 1. The number of piperazine rings is 1. The van der Waals surface area contributed by atoms with Gasteiger partial charge in [-0.25, -0.2) is 9.37 Å². The van der Waals surface area contributed by atoms with Crippen LogP contribution in [0.2, 0.25) is 0 Å². The van der Waals surface area contributed by atoms with Gasteiger partial charge in [-0.2, -0.15) is 5.10 Å². The summed E-state index contributed by atoms with van der Waals surface area (Å²) >= 11 is 0. The number of aliphatic imine (C=N–C) groups is 1. The first kappa shape index (κ1) is 29.4. The number of amides is 2. The lowest BCUT2D eigenvalue weighted by molar-refractivity contribution is -0.133. The molecule has 1 atom stereocenters. The van der Waals surface area contributed by atoms with E-state index in [0.717, 1.165) is 66.3 Å². The molecular weight excluding hydrogens is 597 g/mol. The van der Waals surface area contributed by atoms with E-state index in [1.54, 1.807) is 17.1 Å². The number of hydrogen-bond donors (Lipinski definition) is 0. The predicted molar refractivity (Wildman–Crippen MR) is 176 cm³/mol. The summed E-state index contributed by atoms with van der Waals surface area (Å²) in [5, 5.41) is 4.37. The number of likely N-dealkylation sites (tertiary alicyclic amines) is 1. The fraction of sp³-hybridized carbons (Fsp3) is 0.371. The summed E-state index contributed by atoms with van der Waals surface area (Å²) in [6, 6.07) is 17.3. The SMILES string of the molecule is Cn1cnc(-c2ccc(N3CCN(C(=O)CN4CC[C@]5(CCN(c6ccc7c(c6)C(c6ccc(F)cn6)=NC7)C5=O)C4)CC3)cc2)n1. The molecule has 0 radical (unpaired) electrons. The van der Waals surface area contributed by atoms with Crippen molar-refractivity contribution in [3.8, 4) is 11.4 Å². The van der Waals surface area contributed by atoms with E-state index < -0.39 is 5.41 Å². The van der Waals surface area contributed by atoms with Crippen molar-refractivity contribution >= 4 is 28.9 Å². The van der Waals surface area contributed by atoms with Crippen molar-refractivity contribution < 1.29 is 14.0 Å². The Kier molecular flexibility index (Phi) is 7.31. The monoisotopic (exact) mass is 633 g/mol. The largest absolute Gasteiger partial charge is 0.368 e. The van der Waals surface area contributed by atoms with E-state index in [-0.39, 0.29) is 17.6 Å². The minimum absolute atomic E-state index is 0.125. The summed E-state index contributed by atoms with van der Waals surface area (Å²) in [6.45, 7) is 5.74. The Labute approximate surface area is 272 Å². The molecule has 4 aliphatic heterocycles. The maximum Gasteiger partial charge on any atom is 0.236 e. The van der Waals surface area contributed by atoms with Crippen LogP contribution in [0.1, 0.15) is 29.7 Å². The van der Waals surface area contributed by atoms with E-state index in [0.29, 0.717) is 50.8 Å². The van der Waals surface area contributed by atoms with Crippen molar-refractivity contribution in [1.29, 1.82) is 0 Å². The molecule has 3 saturated heterocycles. The van der Waals surface area contributed by atoms with Crippen LogP contribution in [-0.2, 0) is 23.2 Å². The average Bonchev–Trinajstić information content (AvgIpc) is 3.89. The van der Waals surface area contributed by atoms with Crippen molar-refractivity contribution in [3.63, 3.8) is 0 Å². The molecule has 4 aromatic rings. The maximum atomic E-state index is 13.9. The molecule has 240 valence electrons. The molecule has 6 heterocycles. The number of hydrogen-bond acceptors (Lipinski definition) is 8. The molecule has 2 aromatic carbocycles. The van der Waals surface area contributed by atoms with E-state index in [4.69, 9.17) is 0 Å². The third-order valence-electron chi connectivity index (χ3n) is 10.1. The summed E-state index contributed by atoms with van der Waals surface area (Å²) in [5.41, 5.74) is 5.84. The average molecular weight is 634 g/mol. The molecule has 1 spiro atoms. The summed E-state index contributed by atoms with van der Waals surface area (Å²) in [7, 11) is 1.86. The normalized spacial score (nSPS) is 21.2. The van der Waals surface area contributed by atoms with Crippen LogP contribution in [0, 0.1) is 11.2 Å². The topological polar surface area (TPSA) is 103 Å². The number of carbonyl (C=O) groups is 2. The Morgan fingerprint density at radius 2 is 1.70 bits per heavy atom. The number of anilines is 2. The van der Waals surface area contributed by atoms with Crippen molar-refractivity contribution in [2.45, 2.75) is 19.4 Å². The van der Waals surface area contributed by atoms with E-state index in [9.17, 15) is 14.0 Å². The van der Waals surface area contributed by atoms with Gasteiger partial charge in [-0.05, 0) is 73.5 Å². The predicted octanol–water partition coefficient (Wildman–Crippen LogP) is 3.14. The third kappa shape index (κ3) is 5.46. The zero-order valence-corrected chi connectivity index (χ0v) is 26.3. The number of aromatic nitrogens is 4. The molecule has 3 fully saturated rings. The highest BCUT2D eigenvalue weighted by atomic mass is 19.1. The fourth-order valence-electron chi connectivity index (χ4n) is 7.41. The highest BCUT2D eigenvalue weighted by Gasteiger charge is 2.51. The van der Waals surface area contributed by atoms with Gasteiger partial charge in [0.25, 0.3) is 0 Å². The van der Waals surface area contributed by atoms with Gasteiger partial charge >= 0.3 is 0 Å². The highest BCUT2D eigenvalue weighted by Crippen LogP contribution is 2.43. The number of rotatable bonds is 6. The van der Waals surface area contributed by atoms with Crippen LogP contribution >= 0.6 is 0 Å². The quantitative estimate of drug-likeness (QED) is 0.322. The Hall–Kier alpha value is -4.97. The van der Waals surface area contributed by atoms with Gasteiger partial charge in [-0.1, -0.05) is 6.07 Å². The lowest BCUT2D eigenvalue weighted by Gasteiger charge is -2.37. The van der Waals surface area contributed by atoms with Crippen LogP contribution in [0.25, 0.3) is 11.4 Å². The van der Waals surface area contributed by atoms with Crippen LogP contribution in [0.5, 0.6) is 0 Å². The van der Waals surface area contributed by atoms with Crippen molar-refractivity contribution in [2.75, 3.05) is 62.2 Å². The maximum absolute atomic E-state index is 13.9. The number of benzene rings is 2. The summed E-state index contributed by atoms with van der Waals surface area (Å²) in [6.07, 6.45) is 4.41. The summed E-state index contributed by atoms with van der Waals surface area (Å²) in [4.78, 5) is 48.8. The molecule has 12 heteroatoms. The van der Waals surface area contributed by atoms with Gasteiger partial charge in [0, 0.05) is 68.8 Å². The fourth-order valence-corrected chi connectivity index (χ4v) is 7.41. The van der Waals surface area contributed by atoms with E-state index in [1.807, 2.05) is 47.2 Å². The molecule has 0 N–H and O–H groups in total. The second-order valence-electron chi connectivity index (χ2n) is 13.0. The molecule has 11 nitrogen and oxygen atoms in total. The Morgan fingerprint density at radius 3 is 2.45 bits per heavy atom. The minimum atomic E-state index is -0.468. The van der Waals surface area contributed by atoms with Crippen LogP contribution < -0.4 is 9.80 Å². The number of aryl methyl sites for hydroxylation is 1. The molecule has 2 amide bonds. The zero-order valence-electron chi connectivity index (χ0n) is 26.3. The van der Waals surface area contributed by atoms with Crippen LogP contribution in [0.4, 0.5) is 15.8 Å². The molecule has 0 saturated carbocycles. The lowest BCUT2D eigenvalue weighted by Crippen LogP contribution is -2.51. The van der Waals surface area contributed by atoms with Crippen LogP contribution in [0.3, 0.4) is 0 Å². The van der Waals surface area contributed by atoms with Crippen molar-refractivity contribution in [3.05, 3.63) is 89.8 Å². The molecule has 2 aromatic heterocycles. The van der Waals surface area contributed by atoms with E-state index in [1.165, 1.54) is 12.3 Å². The number of nitrogens with zero attached hydrogens (tertiary/aromatic N) is 9. The first-order valence-electron chi connectivity index (χ1n) is 16.2. The molecule has 0 unspecified atom stereocenters. The van der Waals surface area contributed by atoms with Crippen LogP contribution in [0.15, 0.2) is 72.1 Å². The zero-order chi connectivity index (χ0) is 32.1. The molecular formula is C35H36FN9O2. The van der Waals surface area contributed by atoms with Gasteiger partial charge in [-0.3, -0.25) is 29.1 Å². The molecule has 47 heavy (non-hydrogen) atoms. The second kappa shape index (κ2) is 11.7. The van der Waals surface area contributed by atoms with Gasteiger partial charge in [0.1, 0.15) is 12.1 Å². The van der Waals surface area contributed by atoms with Crippen LogP contribution in [-0.4, -0.2) is 99.4 Å². The first-order valence-corrected chi connectivity index (χ1v) is 16.2. The van der Waals surface area contributed by atoms with E-state index >= 15 is 0 Å². The standard InChI is InChI=1S/C35H36FN9O2/c1-41-23-39-33(40-41)24-2-6-27(7-3-24)43-14-16-44(17-15-43)31(46)21-42-12-10-35(22-42)11-13-45(34(35)47)28-8-4-25-19-38-32(29(25)18-28)30-9-5-26(36)20-37-30/h2-9,18,20,23H,10-17,19,21-22H2,1H3/t35-/m0/s1. The number of carbonyl (C=O) groups excluding carboxylic acids is 2. The van der Waals surface area contributed by atoms with Gasteiger partial charge in [0.15, 0.2) is 5.82 Å². The third-order valence-corrected chi connectivity index (χ3v) is 10.1. The minimum Gasteiger partial charge on any atom is -0.368 e. The van der Waals surface area contributed by atoms with E-state index in [2.05, 4.69) is 42.0 Å².